The molecule has 94 valence electrons. The number of carboxylic acids is 1. The molecule has 0 aromatic carbocycles. The summed E-state index contributed by atoms with van der Waals surface area (Å²) in [6, 6.07) is -0.0280. The Kier molecular flexibility index (Phi) is 2.62. The van der Waals surface area contributed by atoms with E-state index in [0.29, 0.717) is 11.9 Å². The molecule has 0 bridgehead atoms. The van der Waals surface area contributed by atoms with Gasteiger partial charge >= 0.3 is 5.97 Å². The minimum atomic E-state index is -0.958. The van der Waals surface area contributed by atoms with E-state index in [4.69, 9.17) is 5.11 Å². The first-order valence-corrected chi connectivity index (χ1v) is 6.02. The number of nitrogens with zero attached hydrogens (tertiary/aromatic N) is 3. The van der Waals surface area contributed by atoms with E-state index in [9.17, 15) is 4.79 Å². The molecule has 6 nitrogen and oxygen atoms in total. The molecule has 0 amide bonds. The number of anilines is 1. The fourth-order valence-corrected chi connectivity index (χ4v) is 2.55. The molecule has 1 aromatic heterocycles. The topological polar surface area (TPSA) is 80.0 Å². The van der Waals surface area contributed by atoms with Crippen molar-refractivity contribution in [2.24, 2.45) is 5.92 Å². The summed E-state index contributed by atoms with van der Waals surface area (Å²) in [7, 11) is 0. The highest BCUT2D eigenvalue weighted by molar-refractivity contribution is 5.90. The number of carbonyl (C=O) groups is 1. The summed E-state index contributed by atoms with van der Waals surface area (Å²) >= 11 is 0. The maximum atomic E-state index is 11.1. The van der Waals surface area contributed by atoms with Gasteiger partial charge in [0.2, 0.25) is 5.95 Å². The van der Waals surface area contributed by atoms with Crippen molar-refractivity contribution in [2.75, 3.05) is 5.32 Å². The Morgan fingerprint density at radius 1 is 1.50 bits per heavy atom. The highest BCUT2D eigenvalue weighted by atomic mass is 16.4. The number of aliphatic carboxylic acids is 1. The molecule has 0 saturated heterocycles. The maximum absolute atomic E-state index is 11.1. The van der Waals surface area contributed by atoms with Gasteiger partial charge in [-0.25, -0.2) is 9.48 Å². The van der Waals surface area contributed by atoms with Crippen molar-refractivity contribution < 1.29 is 9.90 Å². The molecule has 0 spiro atoms. The van der Waals surface area contributed by atoms with Crippen molar-refractivity contribution in [3.63, 3.8) is 0 Å². The predicted molar refractivity (Wildman–Crippen MR) is 64.9 cm³/mol. The molecule has 18 heavy (non-hydrogen) atoms. The second-order valence-corrected chi connectivity index (χ2v) is 4.57. The largest absolute Gasteiger partial charge is 0.477 e. The first-order valence-electron chi connectivity index (χ1n) is 6.02. The van der Waals surface area contributed by atoms with E-state index in [0.717, 1.165) is 19.3 Å². The monoisotopic (exact) mass is 246 g/mol. The molecule has 0 radical (unpaired) electrons. The van der Waals surface area contributed by atoms with E-state index in [1.807, 2.05) is 0 Å². The molecule has 2 heterocycles. The number of rotatable bonds is 2. The summed E-state index contributed by atoms with van der Waals surface area (Å²) in [5.74, 6) is -0.0676. The molecule has 2 aliphatic rings. The van der Waals surface area contributed by atoms with Gasteiger partial charge in [-0.2, -0.15) is 10.1 Å². The van der Waals surface area contributed by atoms with Crippen LogP contribution in [-0.2, 0) is 4.79 Å². The third-order valence-electron chi connectivity index (χ3n) is 3.46. The van der Waals surface area contributed by atoms with Gasteiger partial charge in [0.25, 0.3) is 0 Å². The Bertz CT molecular complexity index is 532. The van der Waals surface area contributed by atoms with Gasteiger partial charge in [-0.1, -0.05) is 12.2 Å². The van der Waals surface area contributed by atoms with E-state index in [1.165, 1.54) is 6.33 Å². The Morgan fingerprint density at radius 3 is 3.11 bits per heavy atom. The number of allylic oxidation sites excluding steroid dienone is 3. The van der Waals surface area contributed by atoms with E-state index in [-0.39, 0.29) is 11.7 Å². The van der Waals surface area contributed by atoms with E-state index < -0.39 is 5.97 Å². The summed E-state index contributed by atoms with van der Waals surface area (Å²) in [6.07, 6.45) is 10.6. The van der Waals surface area contributed by atoms with Gasteiger partial charge in [0.05, 0.1) is 6.04 Å². The van der Waals surface area contributed by atoms with Crippen LogP contribution in [0.3, 0.4) is 0 Å². The highest BCUT2D eigenvalue weighted by Crippen LogP contribution is 2.34. The van der Waals surface area contributed by atoms with Crippen LogP contribution in [0.15, 0.2) is 30.3 Å². The second-order valence-electron chi connectivity index (χ2n) is 4.57. The van der Waals surface area contributed by atoms with Gasteiger partial charge in [-0.15, -0.1) is 0 Å². The molecule has 3 rings (SSSR count). The summed E-state index contributed by atoms with van der Waals surface area (Å²) in [5.41, 5.74) is 0.190. The number of aromatic nitrogens is 3. The number of hydrogen-bond donors (Lipinski definition) is 2. The van der Waals surface area contributed by atoms with Crippen molar-refractivity contribution >= 4 is 11.9 Å². The molecular weight excluding hydrogens is 232 g/mol. The lowest BCUT2D eigenvalue weighted by atomic mass is 9.87. The SMILES string of the molecule is O=C(O)C1=C[C@@H]([C@@H]2CC=CCC2)n2ncnc2N1. The van der Waals surface area contributed by atoms with Crippen molar-refractivity contribution in [1.82, 2.24) is 14.8 Å². The quantitative estimate of drug-likeness (QED) is 0.774. The van der Waals surface area contributed by atoms with Crippen LogP contribution in [0.4, 0.5) is 5.95 Å². The highest BCUT2D eigenvalue weighted by Gasteiger charge is 2.30. The van der Waals surface area contributed by atoms with E-state index in [2.05, 4.69) is 27.6 Å². The second kappa shape index (κ2) is 4.29. The maximum Gasteiger partial charge on any atom is 0.352 e. The Labute approximate surface area is 104 Å². The third-order valence-corrected chi connectivity index (χ3v) is 3.46. The normalized spacial score (nSPS) is 26.1. The van der Waals surface area contributed by atoms with Crippen LogP contribution < -0.4 is 5.32 Å². The third kappa shape index (κ3) is 1.79. The molecule has 2 N–H and O–H groups in total. The standard InChI is InChI=1S/C12H14N4O2/c17-11(18)9-6-10(8-4-2-1-3-5-8)16-12(15-9)13-7-14-16/h1-2,6-8,10H,3-5H2,(H,17,18)(H,13,14,15)/t8-,10+/m1/s1. The van der Waals surface area contributed by atoms with Crippen LogP contribution in [0.25, 0.3) is 0 Å². The van der Waals surface area contributed by atoms with Gasteiger partial charge in [0.15, 0.2) is 0 Å². The Hall–Kier alpha value is -2.11. The first-order chi connectivity index (χ1) is 8.75. The van der Waals surface area contributed by atoms with Gasteiger partial charge in [-0.3, -0.25) is 0 Å². The van der Waals surface area contributed by atoms with Crippen LogP contribution >= 0.6 is 0 Å². The van der Waals surface area contributed by atoms with Gasteiger partial charge in [0, 0.05) is 0 Å². The number of hydrogen-bond acceptors (Lipinski definition) is 4. The summed E-state index contributed by atoms with van der Waals surface area (Å²) < 4.78 is 1.77. The molecule has 0 saturated carbocycles. The smallest absolute Gasteiger partial charge is 0.352 e. The fourth-order valence-electron chi connectivity index (χ4n) is 2.55. The molecule has 1 aromatic rings. The lowest BCUT2D eigenvalue weighted by Gasteiger charge is -2.29. The van der Waals surface area contributed by atoms with Crippen molar-refractivity contribution in [3.8, 4) is 0 Å². The molecule has 0 fully saturated rings. The predicted octanol–water partition coefficient (Wildman–Crippen LogP) is 1.57. The zero-order chi connectivity index (χ0) is 12.5. The van der Waals surface area contributed by atoms with E-state index >= 15 is 0 Å². The molecule has 6 heteroatoms. The van der Waals surface area contributed by atoms with Crippen molar-refractivity contribution in [1.29, 1.82) is 0 Å². The lowest BCUT2D eigenvalue weighted by molar-refractivity contribution is -0.132. The zero-order valence-electron chi connectivity index (χ0n) is 9.78. The average Bonchev–Trinajstić information content (AvgIpc) is 2.86. The number of carboxylic acid groups (broad SMARTS) is 1. The van der Waals surface area contributed by atoms with Crippen molar-refractivity contribution in [2.45, 2.75) is 25.3 Å². The molecule has 0 unspecified atom stereocenters. The fraction of sp³-hybridized carbons (Fsp3) is 0.417. The van der Waals surface area contributed by atoms with Crippen LogP contribution in [0.1, 0.15) is 25.3 Å². The minimum absolute atomic E-state index is 0.0280. The summed E-state index contributed by atoms with van der Waals surface area (Å²) in [4.78, 5) is 15.2. The Morgan fingerprint density at radius 2 is 2.39 bits per heavy atom. The van der Waals surface area contributed by atoms with Crippen molar-refractivity contribution in [3.05, 3.63) is 30.3 Å². The first kappa shape index (κ1) is 11.0. The molecule has 1 aliphatic carbocycles. The molecule has 1 aliphatic heterocycles. The Balaban J connectivity index is 1.96. The van der Waals surface area contributed by atoms with Gasteiger partial charge < -0.3 is 10.4 Å². The van der Waals surface area contributed by atoms with Crippen LogP contribution in [0, 0.1) is 5.92 Å². The number of nitrogens with one attached hydrogen (secondary N) is 1. The van der Waals surface area contributed by atoms with Gasteiger partial charge in [-0.05, 0) is 31.3 Å². The van der Waals surface area contributed by atoms with E-state index in [1.54, 1.807) is 10.8 Å². The van der Waals surface area contributed by atoms with Crippen LogP contribution in [0.2, 0.25) is 0 Å². The minimum Gasteiger partial charge on any atom is -0.477 e. The zero-order valence-corrected chi connectivity index (χ0v) is 9.78. The molecular formula is C12H14N4O2. The van der Waals surface area contributed by atoms with Crippen LogP contribution in [0.5, 0.6) is 0 Å². The average molecular weight is 246 g/mol. The van der Waals surface area contributed by atoms with Gasteiger partial charge in [0.1, 0.15) is 12.0 Å². The number of fused-ring (bicyclic) bond motifs is 1. The summed E-state index contributed by atoms with van der Waals surface area (Å²) in [5, 5.41) is 16.1. The lowest BCUT2D eigenvalue weighted by Crippen LogP contribution is -2.28. The van der Waals surface area contributed by atoms with Crippen LogP contribution in [-0.4, -0.2) is 25.8 Å². The summed E-state index contributed by atoms with van der Waals surface area (Å²) in [6.45, 7) is 0. The molecule has 2 atom stereocenters.